The molecule has 3 heterocycles. The molecule has 2 aliphatic rings. The minimum atomic E-state index is -0.445. The molecule has 31 heavy (non-hydrogen) atoms. The minimum Gasteiger partial charge on any atom is -0.463 e. The van der Waals surface area contributed by atoms with Gasteiger partial charge in [0.1, 0.15) is 0 Å². The minimum absolute atomic E-state index is 0.126. The van der Waals surface area contributed by atoms with Gasteiger partial charge in [0.2, 0.25) is 5.95 Å². The molecule has 1 aromatic heterocycles. The second-order valence-corrected chi connectivity index (χ2v) is 8.44. The maximum atomic E-state index is 12.3. The van der Waals surface area contributed by atoms with Crippen molar-refractivity contribution in [3.05, 3.63) is 40.6 Å². The second-order valence-electron chi connectivity index (χ2n) is 7.07. The molecule has 164 valence electrons. The van der Waals surface area contributed by atoms with Gasteiger partial charge in [0.25, 0.3) is 0 Å². The summed E-state index contributed by atoms with van der Waals surface area (Å²) in [5.41, 5.74) is 1.77. The van der Waals surface area contributed by atoms with Crippen molar-refractivity contribution >= 4 is 41.3 Å². The van der Waals surface area contributed by atoms with Crippen LogP contribution in [0.2, 0.25) is 5.02 Å². The number of carbonyl (C=O) groups excluding carboxylic acids is 2. The number of hydrogen-bond donors (Lipinski definition) is 2. The molecular formula is C20H23ClN6O3S. The predicted octanol–water partition coefficient (Wildman–Crippen LogP) is 2.74. The Morgan fingerprint density at radius 2 is 2.10 bits per heavy atom. The van der Waals surface area contributed by atoms with Crippen LogP contribution in [-0.2, 0) is 9.53 Å². The second kappa shape index (κ2) is 9.61. The van der Waals surface area contributed by atoms with Crippen LogP contribution in [-0.4, -0.2) is 58.8 Å². The molecule has 1 aromatic carbocycles. The lowest BCUT2D eigenvalue weighted by Crippen LogP contribution is -2.44. The first-order valence-corrected chi connectivity index (χ1v) is 11.5. The summed E-state index contributed by atoms with van der Waals surface area (Å²) in [5, 5.41) is 15.4. The van der Waals surface area contributed by atoms with Crippen molar-refractivity contribution < 1.29 is 14.3 Å². The van der Waals surface area contributed by atoms with Crippen molar-refractivity contribution in [3.8, 4) is 5.69 Å². The lowest BCUT2D eigenvalue weighted by molar-refractivity contribution is -0.138. The van der Waals surface area contributed by atoms with Gasteiger partial charge in [0.05, 0.1) is 24.4 Å². The monoisotopic (exact) mass is 462 g/mol. The standard InChI is InChI=1S/C20H23ClN6O3S/c1-2-30-17(28)15-11-22-18(29)23-16(15)12-31-20-25-24-19(26-8-3-4-9-26)27(20)14-7-5-6-13(21)10-14/h5-7,10H,2-4,8-9,11-12H2,1H3,(H2,22,23,29). The fraction of sp³-hybridized carbons (Fsp3) is 0.400. The largest absolute Gasteiger partial charge is 0.463 e. The summed E-state index contributed by atoms with van der Waals surface area (Å²) in [6.07, 6.45) is 2.22. The van der Waals surface area contributed by atoms with Crippen LogP contribution in [0, 0.1) is 0 Å². The first-order valence-electron chi connectivity index (χ1n) is 10.1. The number of nitrogens with zero attached hydrogens (tertiary/aromatic N) is 4. The highest BCUT2D eigenvalue weighted by atomic mass is 35.5. The van der Waals surface area contributed by atoms with Crippen LogP contribution in [0.3, 0.4) is 0 Å². The molecule has 0 atom stereocenters. The number of ether oxygens (including phenoxy) is 1. The van der Waals surface area contributed by atoms with E-state index in [2.05, 4.69) is 25.7 Å². The van der Waals surface area contributed by atoms with Gasteiger partial charge in [-0.15, -0.1) is 10.2 Å². The molecule has 4 rings (SSSR count). The van der Waals surface area contributed by atoms with E-state index in [9.17, 15) is 9.59 Å². The van der Waals surface area contributed by atoms with Crippen LogP contribution in [0.5, 0.6) is 0 Å². The third-order valence-corrected chi connectivity index (χ3v) is 6.18. The summed E-state index contributed by atoms with van der Waals surface area (Å²) < 4.78 is 7.09. The van der Waals surface area contributed by atoms with Gasteiger partial charge in [0.15, 0.2) is 5.16 Å². The molecule has 1 saturated heterocycles. The van der Waals surface area contributed by atoms with Gasteiger partial charge in [-0.3, -0.25) is 4.57 Å². The van der Waals surface area contributed by atoms with E-state index in [4.69, 9.17) is 16.3 Å². The zero-order valence-corrected chi connectivity index (χ0v) is 18.6. The Kier molecular flexibility index (Phi) is 6.67. The highest BCUT2D eigenvalue weighted by Crippen LogP contribution is 2.30. The van der Waals surface area contributed by atoms with E-state index in [1.807, 2.05) is 28.8 Å². The number of hydrogen-bond acceptors (Lipinski definition) is 7. The molecule has 2 N–H and O–H groups in total. The topological polar surface area (TPSA) is 101 Å². The number of halogens is 1. The number of aromatic nitrogens is 3. The molecule has 0 radical (unpaired) electrons. The van der Waals surface area contributed by atoms with E-state index < -0.39 is 5.97 Å². The highest BCUT2D eigenvalue weighted by Gasteiger charge is 2.26. The van der Waals surface area contributed by atoms with Crippen LogP contribution in [0.1, 0.15) is 19.8 Å². The number of thioether (sulfide) groups is 1. The van der Waals surface area contributed by atoms with Crippen LogP contribution in [0.25, 0.3) is 5.69 Å². The summed E-state index contributed by atoms with van der Waals surface area (Å²) in [7, 11) is 0. The summed E-state index contributed by atoms with van der Waals surface area (Å²) >= 11 is 7.62. The third-order valence-electron chi connectivity index (χ3n) is 4.99. The van der Waals surface area contributed by atoms with Crippen molar-refractivity contribution in [2.24, 2.45) is 0 Å². The molecule has 2 aromatic rings. The average Bonchev–Trinajstić information content (AvgIpc) is 3.42. The lowest BCUT2D eigenvalue weighted by Gasteiger charge is -2.21. The normalized spacial score (nSPS) is 16.3. The van der Waals surface area contributed by atoms with E-state index in [1.54, 1.807) is 6.92 Å². The van der Waals surface area contributed by atoms with Gasteiger partial charge >= 0.3 is 12.0 Å². The Morgan fingerprint density at radius 1 is 1.29 bits per heavy atom. The van der Waals surface area contributed by atoms with Crippen molar-refractivity contribution in [1.29, 1.82) is 0 Å². The number of carbonyl (C=O) groups is 2. The fourth-order valence-electron chi connectivity index (χ4n) is 3.52. The number of esters is 1. The Morgan fingerprint density at radius 3 is 2.84 bits per heavy atom. The molecule has 1 fully saturated rings. The Hall–Kier alpha value is -2.72. The van der Waals surface area contributed by atoms with E-state index in [1.165, 1.54) is 11.8 Å². The van der Waals surface area contributed by atoms with Crippen molar-refractivity contribution in [2.45, 2.75) is 24.9 Å². The molecule has 0 spiro atoms. The van der Waals surface area contributed by atoms with Gasteiger partial charge < -0.3 is 20.3 Å². The molecule has 0 saturated carbocycles. The summed E-state index contributed by atoms with van der Waals surface area (Å²) in [4.78, 5) is 26.3. The maximum Gasteiger partial charge on any atom is 0.337 e. The number of urea groups is 1. The number of anilines is 1. The maximum absolute atomic E-state index is 12.3. The summed E-state index contributed by atoms with van der Waals surface area (Å²) in [6.45, 7) is 3.97. The van der Waals surface area contributed by atoms with Crippen LogP contribution in [0.4, 0.5) is 10.7 Å². The fourth-order valence-corrected chi connectivity index (χ4v) is 4.64. The lowest BCUT2D eigenvalue weighted by atomic mass is 10.2. The van der Waals surface area contributed by atoms with Crippen LogP contribution in [0.15, 0.2) is 40.7 Å². The molecule has 0 bridgehead atoms. The molecule has 2 aliphatic heterocycles. The Balaban J connectivity index is 1.65. The Labute approximate surface area is 189 Å². The Bertz CT molecular complexity index is 1020. The van der Waals surface area contributed by atoms with Gasteiger partial charge in [-0.2, -0.15) is 0 Å². The van der Waals surface area contributed by atoms with Crippen molar-refractivity contribution in [1.82, 2.24) is 25.4 Å². The molecule has 9 nitrogen and oxygen atoms in total. The van der Waals surface area contributed by atoms with Crippen molar-refractivity contribution in [3.63, 3.8) is 0 Å². The summed E-state index contributed by atoms with van der Waals surface area (Å²) in [5.74, 6) is 0.649. The van der Waals surface area contributed by atoms with Crippen molar-refractivity contribution in [2.75, 3.05) is 36.9 Å². The predicted molar refractivity (Wildman–Crippen MR) is 119 cm³/mol. The number of amides is 2. The van der Waals surface area contributed by atoms with Crippen LogP contribution >= 0.6 is 23.4 Å². The molecule has 0 aliphatic carbocycles. The quantitative estimate of drug-likeness (QED) is 0.482. The smallest absolute Gasteiger partial charge is 0.337 e. The zero-order valence-electron chi connectivity index (χ0n) is 17.1. The number of rotatable bonds is 7. The molecule has 2 amide bonds. The van der Waals surface area contributed by atoms with Gasteiger partial charge in [-0.1, -0.05) is 29.4 Å². The first kappa shape index (κ1) is 21.5. The average molecular weight is 463 g/mol. The summed E-state index contributed by atoms with van der Waals surface area (Å²) in [6, 6.07) is 7.17. The molecule has 0 unspecified atom stereocenters. The van der Waals surface area contributed by atoms with E-state index in [-0.39, 0.29) is 19.2 Å². The third kappa shape index (κ3) is 4.80. The van der Waals surface area contributed by atoms with E-state index in [0.717, 1.165) is 37.6 Å². The SMILES string of the molecule is CCOC(=O)C1=C(CSc2nnc(N3CCCC3)n2-c2cccc(Cl)c2)NC(=O)NC1. The van der Waals surface area contributed by atoms with Gasteiger partial charge in [-0.05, 0) is 38.0 Å². The molecular weight excluding hydrogens is 440 g/mol. The van der Waals surface area contributed by atoms with Gasteiger partial charge in [0, 0.05) is 29.6 Å². The van der Waals surface area contributed by atoms with E-state index >= 15 is 0 Å². The van der Waals surface area contributed by atoms with Crippen LogP contribution < -0.4 is 15.5 Å². The zero-order chi connectivity index (χ0) is 21.8. The number of benzene rings is 1. The highest BCUT2D eigenvalue weighted by molar-refractivity contribution is 7.99. The molecule has 11 heteroatoms. The van der Waals surface area contributed by atoms with E-state index in [0.29, 0.717) is 27.2 Å². The number of nitrogens with one attached hydrogen (secondary N) is 2. The van der Waals surface area contributed by atoms with Gasteiger partial charge in [-0.25, -0.2) is 9.59 Å². The first-order chi connectivity index (χ1) is 15.1.